The predicted molar refractivity (Wildman–Crippen MR) is 119 cm³/mol. The van der Waals surface area contributed by atoms with Crippen LogP contribution in [0.3, 0.4) is 0 Å². The molecule has 0 saturated heterocycles. The smallest absolute Gasteiger partial charge is 0.327 e. The fraction of sp³-hybridized carbons (Fsp3) is 0.789. The zero-order valence-corrected chi connectivity index (χ0v) is 19.2. The third kappa shape index (κ3) is 10.3. The van der Waals surface area contributed by atoms with Gasteiger partial charge in [0.05, 0.1) is 6.10 Å². The van der Waals surface area contributed by atoms with Gasteiger partial charge in [-0.05, 0) is 38.6 Å². The van der Waals surface area contributed by atoms with E-state index in [4.69, 9.17) is 16.6 Å². The normalized spacial score (nSPS) is 16.9. The Bertz CT molecular complexity index is 606. The number of amides is 3. The van der Waals surface area contributed by atoms with Crippen molar-refractivity contribution in [3.63, 3.8) is 0 Å². The van der Waals surface area contributed by atoms with Crippen LogP contribution in [0.5, 0.6) is 0 Å². The number of carboxylic acids is 1. The average molecular weight is 464 g/mol. The van der Waals surface area contributed by atoms with Crippen LogP contribution in [-0.4, -0.2) is 76.5 Å². The number of hydrogen-bond acceptors (Lipinski definition) is 8. The van der Waals surface area contributed by atoms with Crippen LogP contribution in [0.1, 0.15) is 46.5 Å². The van der Waals surface area contributed by atoms with Crippen molar-refractivity contribution in [2.45, 2.75) is 76.7 Å². The molecule has 0 bridgehead atoms. The van der Waals surface area contributed by atoms with Crippen molar-refractivity contribution in [1.82, 2.24) is 16.0 Å². The molecule has 0 aliphatic carbocycles. The molecule has 0 radical (unpaired) electrons. The van der Waals surface area contributed by atoms with E-state index in [0.29, 0.717) is 25.8 Å². The Morgan fingerprint density at radius 1 is 0.968 bits per heavy atom. The molecule has 0 heterocycles. The minimum absolute atomic E-state index is 0.114. The van der Waals surface area contributed by atoms with Gasteiger partial charge in [0.2, 0.25) is 17.7 Å². The summed E-state index contributed by atoms with van der Waals surface area (Å²) in [6, 6.07) is -4.43. The number of nitrogens with two attached hydrogens (primary N) is 2. The van der Waals surface area contributed by atoms with Crippen molar-refractivity contribution >= 4 is 36.3 Å². The lowest BCUT2D eigenvalue weighted by Gasteiger charge is -2.28. The lowest BCUT2D eigenvalue weighted by molar-refractivity contribution is -0.142. The van der Waals surface area contributed by atoms with Gasteiger partial charge in [-0.3, -0.25) is 14.4 Å². The van der Waals surface area contributed by atoms with E-state index in [9.17, 15) is 24.3 Å². The van der Waals surface area contributed by atoms with Gasteiger partial charge in [-0.2, -0.15) is 12.6 Å². The second-order valence-corrected chi connectivity index (χ2v) is 7.93. The van der Waals surface area contributed by atoms with Gasteiger partial charge in [0.25, 0.3) is 0 Å². The Kier molecular flexibility index (Phi) is 14.1. The van der Waals surface area contributed by atoms with E-state index in [0.717, 1.165) is 0 Å². The lowest BCUT2D eigenvalue weighted by Crippen LogP contribution is -2.59. The maximum Gasteiger partial charge on any atom is 0.327 e. The number of hydrogen-bond donors (Lipinski definition) is 8. The van der Waals surface area contributed by atoms with Crippen molar-refractivity contribution < 1.29 is 29.4 Å². The molecule has 11 nitrogen and oxygen atoms in total. The molecule has 9 N–H and O–H groups in total. The molecule has 0 aromatic carbocycles. The molecule has 0 fully saturated rings. The number of carbonyl (C=O) groups excluding carboxylic acids is 3. The van der Waals surface area contributed by atoms with Crippen LogP contribution >= 0.6 is 12.6 Å². The molecule has 12 heteroatoms. The number of aliphatic hydroxyl groups is 1. The Hall–Kier alpha value is -1.89. The highest BCUT2D eigenvalue weighted by molar-refractivity contribution is 7.80. The first-order valence-electron chi connectivity index (χ1n) is 10.4. The van der Waals surface area contributed by atoms with E-state index in [1.165, 1.54) is 6.92 Å². The monoisotopic (exact) mass is 463 g/mol. The van der Waals surface area contributed by atoms with E-state index in [2.05, 4.69) is 28.6 Å². The summed E-state index contributed by atoms with van der Waals surface area (Å²) in [4.78, 5) is 49.0. The van der Waals surface area contributed by atoms with Gasteiger partial charge in [-0.1, -0.05) is 20.3 Å². The van der Waals surface area contributed by atoms with Crippen LogP contribution in [0.2, 0.25) is 0 Å². The molecule has 3 amide bonds. The van der Waals surface area contributed by atoms with Crippen molar-refractivity contribution in [2.75, 3.05) is 12.3 Å². The molecule has 6 atom stereocenters. The van der Waals surface area contributed by atoms with Crippen LogP contribution in [0.15, 0.2) is 0 Å². The molecule has 6 unspecified atom stereocenters. The van der Waals surface area contributed by atoms with Gasteiger partial charge in [0, 0.05) is 5.75 Å². The highest BCUT2D eigenvalue weighted by Crippen LogP contribution is 2.10. The molecular formula is C19H37N5O6S. The van der Waals surface area contributed by atoms with Crippen LogP contribution in [0.4, 0.5) is 0 Å². The van der Waals surface area contributed by atoms with Gasteiger partial charge in [-0.25, -0.2) is 4.79 Å². The average Bonchev–Trinajstić information content (AvgIpc) is 2.73. The van der Waals surface area contributed by atoms with E-state index in [1.54, 1.807) is 6.92 Å². The minimum atomic E-state index is -1.24. The lowest BCUT2D eigenvalue weighted by atomic mass is 9.97. The highest BCUT2D eigenvalue weighted by Gasteiger charge is 2.32. The number of thiol groups is 1. The molecule has 0 aromatic heterocycles. The molecule has 0 rings (SSSR count). The number of rotatable bonds is 15. The first kappa shape index (κ1) is 29.1. The maximum atomic E-state index is 12.9. The quantitative estimate of drug-likeness (QED) is 0.104. The summed E-state index contributed by atoms with van der Waals surface area (Å²) >= 11 is 3.92. The molecule has 31 heavy (non-hydrogen) atoms. The van der Waals surface area contributed by atoms with Gasteiger partial charge in [-0.15, -0.1) is 0 Å². The Morgan fingerprint density at radius 3 is 2.00 bits per heavy atom. The van der Waals surface area contributed by atoms with Crippen LogP contribution in [0, 0.1) is 5.92 Å². The first-order chi connectivity index (χ1) is 14.5. The maximum absolute atomic E-state index is 12.9. The zero-order valence-electron chi connectivity index (χ0n) is 18.3. The molecule has 0 saturated carbocycles. The SMILES string of the molecule is CCC(C)C(NC(=O)C(CCCCN)NC(=O)C(N)C(C)O)C(=O)NC(CS)C(=O)O. The molecule has 180 valence electrons. The number of nitrogens with one attached hydrogen (secondary N) is 3. The third-order valence-electron chi connectivity index (χ3n) is 4.99. The third-order valence-corrected chi connectivity index (χ3v) is 5.36. The summed E-state index contributed by atoms with van der Waals surface area (Å²) in [7, 11) is 0. The van der Waals surface area contributed by atoms with Crippen molar-refractivity contribution in [2.24, 2.45) is 17.4 Å². The Morgan fingerprint density at radius 2 is 1.55 bits per heavy atom. The highest BCUT2D eigenvalue weighted by atomic mass is 32.1. The second-order valence-electron chi connectivity index (χ2n) is 7.57. The first-order valence-corrected chi connectivity index (χ1v) is 11.0. The van der Waals surface area contributed by atoms with E-state index >= 15 is 0 Å². The van der Waals surface area contributed by atoms with Gasteiger partial charge in [0.15, 0.2) is 0 Å². The predicted octanol–water partition coefficient (Wildman–Crippen LogP) is -1.66. The Balaban J connectivity index is 5.47. The molecule has 0 spiro atoms. The largest absolute Gasteiger partial charge is 0.480 e. The van der Waals surface area contributed by atoms with Crippen molar-refractivity contribution in [3.05, 3.63) is 0 Å². The number of aliphatic hydroxyl groups excluding tert-OH is 1. The fourth-order valence-corrected chi connectivity index (χ4v) is 2.90. The van der Waals surface area contributed by atoms with Gasteiger partial charge in [0.1, 0.15) is 24.2 Å². The molecule has 0 aliphatic rings. The summed E-state index contributed by atoms with van der Waals surface area (Å²) in [5.41, 5.74) is 11.1. The minimum Gasteiger partial charge on any atom is -0.480 e. The van der Waals surface area contributed by atoms with Gasteiger partial charge < -0.3 is 37.6 Å². The van der Waals surface area contributed by atoms with E-state index in [-0.39, 0.29) is 18.1 Å². The fourth-order valence-electron chi connectivity index (χ4n) is 2.65. The molecule has 0 aliphatic heterocycles. The summed E-state index contributed by atoms with van der Waals surface area (Å²) in [6.07, 6.45) is 0.846. The van der Waals surface area contributed by atoms with Crippen molar-refractivity contribution in [1.29, 1.82) is 0 Å². The summed E-state index contributed by atoms with van der Waals surface area (Å²) < 4.78 is 0. The zero-order chi connectivity index (χ0) is 24.1. The summed E-state index contributed by atoms with van der Waals surface area (Å²) in [5.74, 6) is -3.63. The van der Waals surface area contributed by atoms with Crippen molar-refractivity contribution in [3.8, 4) is 0 Å². The van der Waals surface area contributed by atoms with E-state index in [1.807, 2.05) is 6.92 Å². The number of carboxylic acid groups (broad SMARTS) is 1. The van der Waals surface area contributed by atoms with Gasteiger partial charge >= 0.3 is 5.97 Å². The molecule has 0 aromatic rings. The summed E-state index contributed by atoms with van der Waals surface area (Å²) in [6.45, 7) is 5.34. The number of carbonyl (C=O) groups is 4. The number of aliphatic carboxylic acids is 1. The van der Waals surface area contributed by atoms with E-state index < -0.39 is 54.0 Å². The second kappa shape index (κ2) is 15.0. The van der Waals surface area contributed by atoms with Crippen LogP contribution in [-0.2, 0) is 19.2 Å². The topological polar surface area (TPSA) is 197 Å². The Labute approximate surface area is 188 Å². The summed E-state index contributed by atoms with van der Waals surface area (Å²) in [5, 5.41) is 26.2. The number of unbranched alkanes of at least 4 members (excludes halogenated alkanes) is 1. The molecular weight excluding hydrogens is 426 g/mol. The standard InChI is InChI=1S/C19H37N5O6S/c1-4-10(2)15(18(28)23-13(9-31)19(29)30)24-16(26)12(7-5-6-8-20)22-17(27)14(21)11(3)25/h10-15,25,31H,4-9,20-21H2,1-3H3,(H,22,27)(H,23,28)(H,24,26)(H,29,30). The van der Waals surface area contributed by atoms with Crippen LogP contribution in [0.25, 0.3) is 0 Å². The van der Waals surface area contributed by atoms with Crippen LogP contribution < -0.4 is 27.4 Å².